The summed E-state index contributed by atoms with van der Waals surface area (Å²) in [6, 6.07) is 0. The van der Waals surface area contributed by atoms with Crippen LogP contribution in [0.2, 0.25) is 0 Å². The van der Waals surface area contributed by atoms with Crippen LogP contribution in [0.3, 0.4) is 0 Å². The Balaban J connectivity index is 4.07. The van der Waals surface area contributed by atoms with Gasteiger partial charge in [0.15, 0.2) is 6.10 Å². The number of phosphoric ester groups is 1. The van der Waals surface area contributed by atoms with Gasteiger partial charge in [-0.25, -0.2) is 4.57 Å². The van der Waals surface area contributed by atoms with E-state index in [1.165, 1.54) is 45.4 Å². The number of ether oxygens (including phenoxy) is 2. The summed E-state index contributed by atoms with van der Waals surface area (Å²) in [5.74, 6) is -0.982. The molecule has 0 saturated carbocycles. The number of esters is 2. The Morgan fingerprint density at radius 1 is 0.711 bits per heavy atom. The Morgan fingerprint density at radius 2 is 1.18 bits per heavy atom. The molecule has 11 heteroatoms. The van der Waals surface area contributed by atoms with Crippen LogP contribution in [-0.4, -0.2) is 53.5 Å². The molecule has 0 radical (unpaired) electrons. The number of amides is 1. The van der Waals surface area contributed by atoms with Gasteiger partial charge in [-0.2, -0.15) is 0 Å². The third-order valence-electron chi connectivity index (χ3n) is 6.07. The number of rotatable bonds is 26. The maximum absolute atomic E-state index is 12.2. The molecule has 0 unspecified atom stereocenters. The highest BCUT2D eigenvalue weighted by molar-refractivity contribution is 7.46. The zero-order chi connectivity index (χ0) is 28.5. The van der Waals surface area contributed by atoms with Crippen LogP contribution in [0, 0.1) is 0 Å². The molecular formula is C27H52NO9P. The minimum absolute atomic E-state index is 0.0251. The highest BCUT2D eigenvalue weighted by Gasteiger charge is 2.22. The third kappa shape index (κ3) is 27.6. The van der Waals surface area contributed by atoms with E-state index in [0.717, 1.165) is 51.4 Å². The Bertz CT molecular complexity index is 669. The first-order valence-corrected chi connectivity index (χ1v) is 16.0. The van der Waals surface area contributed by atoms with Gasteiger partial charge in [0.05, 0.1) is 6.61 Å². The highest BCUT2D eigenvalue weighted by Crippen LogP contribution is 2.35. The fraction of sp³-hybridized carbons (Fsp3) is 0.889. The van der Waals surface area contributed by atoms with Crippen molar-refractivity contribution in [1.29, 1.82) is 0 Å². The summed E-state index contributed by atoms with van der Waals surface area (Å²) in [6.07, 6.45) is 16.2. The van der Waals surface area contributed by atoms with E-state index >= 15 is 0 Å². The third-order valence-corrected chi connectivity index (χ3v) is 6.56. The number of carbonyl (C=O) groups excluding carboxylic acids is 3. The van der Waals surface area contributed by atoms with Crippen molar-refractivity contribution in [3.63, 3.8) is 0 Å². The molecule has 0 saturated heterocycles. The minimum Gasteiger partial charge on any atom is -0.462 e. The van der Waals surface area contributed by atoms with Crippen LogP contribution >= 0.6 is 7.82 Å². The van der Waals surface area contributed by atoms with Gasteiger partial charge in [-0.1, -0.05) is 90.4 Å². The van der Waals surface area contributed by atoms with Crippen molar-refractivity contribution in [2.24, 2.45) is 0 Å². The maximum atomic E-state index is 12.2. The molecule has 0 aliphatic rings. The van der Waals surface area contributed by atoms with Crippen molar-refractivity contribution in [1.82, 2.24) is 5.32 Å². The largest absolute Gasteiger partial charge is 0.469 e. The van der Waals surface area contributed by atoms with Crippen LogP contribution in [0.5, 0.6) is 0 Å². The minimum atomic E-state index is -4.75. The molecule has 38 heavy (non-hydrogen) atoms. The highest BCUT2D eigenvalue weighted by atomic mass is 31.2. The molecule has 3 N–H and O–H groups in total. The second-order valence-electron chi connectivity index (χ2n) is 9.87. The smallest absolute Gasteiger partial charge is 0.462 e. The van der Waals surface area contributed by atoms with E-state index in [9.17, 15) is 18.9 Å². The van der Waals surface area contributed by atoms with Gasteiger partial charge in [-0.05, 0) is 19.3 Å². The summed E-state index contributed by atoms with van der Waals surface area (Å²) in [6.45, 7) is 3.51. The number of unbranched alkanes of at least 4 members (excludes halogenated alkanes) is 14. The fourth-order valence-corrected chi connectivity index (χ4v) is 4.28. The molecule has 0 heterocycles. The van der Waals surface area contributed by atoms with Crippen LogP contribution in [0.25, 0.3) is 0 Å². The molecule has 10 nitrogen and oxygen atoms in total. The van der Waals surface area contributed by atoms with E-state index in [1.54, 1.807) is 0 Å². The number of phosphoric acid groups is 1. The van der Waals surface area contributed by atoms with E-state index in [4.69, 9.17) is 19.3 Å². The lowest BCUT2D eigenvalue weighted by atomic mass is 10.1. The SMILES string of the molecule is CCCCCCCCCCCCC(=O)O[C@H](COC(=O)CCCCCCCCNC(C)=O)COP(=O)(O)O. The Hall–Kier alpha value is -1.48. The summed E-state index contributed by atoms with van der Waals surface area (Å²) >= 11 is 0. The van der Waals surface area contributed by atoms with Crippen molar-refractivity contribution in [2.45, 2.75) is 136 Å². The van der Waals surface area contributed by atoms with Gasteiger partial charge < -0.3 is 24.6 Å². The standard InChI is InChI=1S/C27H52NO9P/c1-3-4-5-6-7-8-9-10-14-17-20-27(31)37-25(23-36-38(32,33)34)22-35-26(30)19-16-13-11-12-15-18-21-28-24(2)29/h25H,3-23H2,1-2H3,(H,28,29)(H2,32,33,34)/t25-/m1/s1. The van der Waals surface area contributed by atoms with Crippen molar-refractivity contribution >= 4 is 25.7 Å². The first kappa shape index (κ1) is 36.5. The van der Waals surface area contributed by atoms with E-state index in [-0.39, 0.29) is 25.4 Å². The molecule has 0 aromatic carbocycles. The lowest BCUT2D eigenvalue weighted by Gasteiger charge is -2.18. The maximum Gasteiger partial charge on any atom is 0.469 e. The van der Waals surface area contributed by atoms with Crippen molar-refractivity contribution in [2.75, 3.05) is 19.8 Å². The second-order valence-corrected chi connectivity index (χ2v) is 11.1. The van der Waals surface area contributed by atoms with Crippen LogP contribution in [0.15, 0.2) is 0 Å². The van der Waals surface area contributed by atoms with Crippen molar-refractivity contribution in [3.05, 3.63) is 0 Å². The summed E-state index contributed by atoms with van der Waals surface area (Å²) < 4.78 is 26.0. The Morgan fingerprint density at radius 3 is 1.68 bits per heavy atom. The van der Waals surface area contributed by atoms with Crippen LogP contribution in [0.4, 0.5) is 0 Å². The molecule has 0 spiro atoms. The Kier molecular flexibility index (Phi) is 23.6. The molecule has 1 amide bonds. The predicted octanol–water partition coefficient (Wildman–Crippen LogP) is 5.73. The van der Waals surface area contributed by atoms with Gasteiger partial charge >= 0.3 is 19.8 Å². The quantitative estimate of drug-likeness (QED) is 0.0679. The van der Waals surface area contributed by atoms with Gasteiger partial charge in [0.1, 0.15) is 6.61 Å². The summed E-state index contributed by atoms with van der Waals surface area (Å²) in [7, 11) is -4.75. The van der Waals surface area contributed by atoms with Crippen molar-refractivity contribution in [3.8, 4) is 0 Å². The zero-order valence-corrected chi connectivity index (χ0v) is 24.5. The van der Waals surface area contributed by atoms with Crippen LogP contribution in [-0.2, 0) is 32.9 Å². The lowest BCUT2D eigenvalue weighted by molar-refractivity contribution is -0.161. The molecule has 0 rings (SSSR count). The molecule has 0 aliphatic heterocycles. The number of hydrogen-bond acceptors (Lipinski definition) is 7. The Labute approximate surface area is 229 Å². The van der Waals surface area contributed by atoms with Gasteiger partial charge in [-0.3, -0.25) is 18.9 Å². The van der Waals surface area contributed by atoms with Crippen molar-refractivity contribution < 1.29 is 42.7 Å². The number of hydrogen-bond donors (Lipinski definition) is 3. The molecule has 0 fully saturated rings. The number of carbonyl (C=O) groups is 3. The number of nitrogens with one attached hydrogen (secondary N) is 1. The topological polar surface area (TPSA) is 148 Å². The van der Waals surface area contributed by atoms with Crippen LogP contribution in [0.1, 0.15) is 129 Å². The van der Waals surface area contributed by atoms with Gasteiger partial charge in [0, 0.05) is 26.3 Å². The van der Waals surface area contributed by atoms with Crippen LogP contribution < -0.4 is 5.32 Å². The summed E-state index contributed by atoms with van der Waals surface area (Å²) in [5, 5.41) is 2.76. The summed E-state index contributed by atoms with van der Waals surface area (Å²) in [4.78, 5) is 53.0. The monoisotopic (exact) mass is 565 g/mol. The van der Waals surface area contributed by atoms with Gasteiger partial charge in [-0.15, -0.1) is 0 Å². The van der Waals surface area contributed by atoms with E-state index < -0.39 is 32.5 Å². The average Bonchev–Trinajstić information content (AvgIpc) is 2.85. The fourth-order valence-electron chi connectivity index (χ4n) is 3.92. The van der Waals surface area contributed by atoms with E-state index in [2.05, 4.69) is 16.8 Å². The molecule has 0 aromatic heterocycles. The van der Waals surface area contributed by atoms with E-state index in [1.807, 2.05) is 0 Å². The molecule has 224 valence electrons. The molecule has 0 bridgehead atoms. The van der Waals surface area contributed by atoms with Gasteiger partial charge in [0.25, 0.3) is 0 Å². The molecule has 0 aromatic rings. The molecule has 0 aliphatic carbocycles. The normalized spacial score (nSPS) is 12.2. The first-order chi connectivity index (χ1) is 18.1. The molecule has 1 atom stereocenters. The zero-order valence-electron chi connectivity index (χ0n) is 23.6. The van der Waals surface area contributed by atoms with Gasteiger partial charge in [0.2, 0.25) is 5.91 Å². The average molecular weight is 566 g/mol. The second kappa shape index (κ2) is 24.6. The first-order valence-electron chi connectivity index (χ1n) is 14.4. The molecular weight excluding hydrogens is 513 g/mol. The predicted molar refractivity (Wildman–Crippen MR) is 146 cm³/mol. The van der Waals surface area contributed by atoms with E-state index in [0.29, 0.717) is 19.4 Å². The summed E-state index contributed by atoms with van der Waals surface area (Å²) in [5.41, 5.74) is 0. The lowest BCUT2D eigenvalue weighted by Crippen LogP contribution is -2.29.